The number of aromatic nitrogens is 3. The monoisotopic (exact) mass is 504 g/mol. The zero-order valence-corrected chi connectivity index (χ0v) is 21.8. The molecule has 6 heteroatoms. The summed E-state index contributed by atoms with van der Waals surface area (Å²) < 4.78 is 4.51. The molecular weight excluding hydrogens is 476 g/mol. The first-order valence-electron chi connectivity index (χ1n) is 11.0. The lowest BCUT2D eigenvalue weighted by Gasteiger charge is -2.20. The van der Waals surface area contributed by atoms with Crippen LogP contribution < -0.4 is 5.56 Å². The summed E-state index contributed by atoms with van der Waals surface area (Å²) in [6, 6.07) is 14.2. The molecule has 0 fully saturated rings. The normalized spacial score (nSPS) is 12.2. The van der Waals surface area contributed by atoms with Gasteiger partial charge in [-0.2, -0.15) is 9.78 Å². The fourth-order valence-corrected chi connectivity index (χ4v) is 4.62. The summed E-state index contributed by atoms with van der Waals surface area (Å²) in [5.74, 6) is 0.627. The Bertz CT molecular complexity index is 1450. The average molecular weight is 505 g/mol. The molecule has 0 amide bonds. The third-order valence-electron chi connectivity index (χ3n) is 5.73. The molecule has 0 bridgehead atoms. The van der Waals surface area contributed by atoms with Crippen molar-refractivity contribution < 1.29 is 0 Å². The van der Waals surface area contributed by atoms with Gasteiger partial charge in [-0.3, -0.25) is 4.79 Å². The van der Waals surface area contributed by atoms with E-state index in [-0.39, 0.29) is 11.0 Å². The average Bonchev–Trinajstić information content (AvgIpc) is 2.99. The lowest BCUT2D eigenvalue weighted by Crippen LogP contribution is -2.29. The highest BCUT2D eigenvalue weighted by Crippen LogP contribution is 2.24. The van der Waals surface area contributed by atoms with Gasteiger partial charge in [0.05, 0.1) is 17.1 Å². The lowest BCUT2D eigenvalue weighted by atomic mass is 9.95. The van der Waals surface area contributed by atoms with E-state index in [1.54, 1.807) is 12.3 Å². The third kappa shape index (κ3) is 4.44. The molecule has 0 radical (unpaired) electrons. The molecule has 0 unspecified atom stereocenters. The first kappa shape index (κ1) is 23.2. The van der Waals surface area contributed by atoms with Gasteiger partial charge in [-0.05, 0) is 75.2 Å². The van der Waals surface area contributed by atoms with Gasteiger partial charge in [0.15, 0.2) is 0 Å². The number of hydrogen-bond acceptors (Lipinski definition) is 3. The van der Waals surface area contributed by atoms with Gasteiger partial charge in [0, 0.05) is 32.5 Å². The van der Waals surface area contributed by atoms with Gasteiger partial charge in [-0.25, -0.2) is 4.98 Å². The first-order valence-corrected chi connectivity index (χ1v) is 11.8. The summed E-state index contributed by atoms with van der Waals surface area (Å²) in [5, 5.41) is 5.19. The Labute approximate surface area is 202 Å². The highest BCUT2D eigenvalue weighted by molar-refractivity contribution is 9.10. The Morgan fingerprint density at radius 3 is 2.27 bits per heavy atom. The van der Waals surface area contributed by atoms with E-state index in [4.69, 9.17) is 4.98 Å². The second kappa shape index (κ2) is 8.41. The van der Waals surface area contributed by atoms with Crippen LogP contribution >= 0.6 is 15.9 Å². The number of halogens is 1. The highest BCUT2D eigenvalue weighted by Gasteiger charge is 2.23. The summed E-state index contributed by atoms with van der Waals surface area (Å²) in [6.07, 6.45) is 1.77. The summed E-state index contributed by atoms with van der Waals surface area (Å²) in [6.45, 7) is 14.5. The topological polar surface area (TPSA) is 52.2 Å². The fourth-order valence-electron chi connectivity index (χ4n) is 4.26. The Morgan fingerprint density at radius 2 is 1.64 bits per heavy atom. The number of aryl methyl sites for hydroxylation is 3. The van der Waals surface area contributed by atoms with Crippen LogP contribution in [0.1, 0.15) is 54.7 Å². The Kier molecular flexibility index (Phi) is 5.91. The second-order valence-corrected chi connectivity index (χ2v) is 10.6. The molecule has 2 aromatic heterocycles. The minimum atomic E-state index is -0.353. The van der Waals surface area contributed by atoms with Crippen molar-refractivity contribution >= 4 is 33.0 Å². The van der Waals surface area contributed by atoms with Crippen molar-refractivity contribution in [1.29, 1.82) is 0 Å². The smallest absolute Gasteiger partial charge is 0.282 e. The second-order valence-electron chi connectivity index (χ2n) is 9.72. The predicted molar refractivity (Wildman–Crippen MR) is 140 cm³/mol. The van der Waals surface area contributed by atoms with Crippen molar-refractivity contribution in [1.82, 2.24) is 14.2 Å². The number of nitrogens with zero attached hydrogens (tertiary/aromatic N) is 4. The number of fused-ring (bicyclic) bond motifs is 1. The van der Waals surface area contributed by atoms with Gasteiger partial charge >= 0.3 is 0 Å². The van der Waals surface area contributed by atoms with Crippen molar-refractivity contribution in [2.75, 3.05) is 0 Å². The molecule has 0 aliphatic carbocycles. The first-order chi connectivity index (χ1) is 15.5. The molecule has 0 aliphatic rings. The molecule has 33 heavy (non-hydrogen) atoms. The van der Waals surface area contributed by atoms with Crippen molar-refractivity contribution in [3.8, 4) is 5.69 Å². The summed E-state index contributed by atoms with van der Waals surface area (Å²) in [4.78, 5) is 18.2. The lowest BCUT2D eigenvalue weighted by molar-refractivity contribution is 0.506. The molecule has 0 aliphatic heterocycles. The minimum absolute atomic E-state index is 0.175. The van der Waals surface area contributed by atoms with Gasteiger partial charge in [0.25, 0.3) is 5.56 Å². The largest absolute Gasteiger partial charge is 0.318 e. The van der Waals surface area contributed by atoms with Crippen LogP contribution in [0.4, 0.5) is 0 Å². The van der Waals surface area contributed by atoms with Crippen LogP contribution in [0, 0.1) is 27.7 Å². The van der Waals surface area contributed by atoms with Gasteiger partial charge < -0.3 is 4.57 Å². The van der Waals surface area contributed by atoms with E-state index < -0.39 is 0 Å². The van der Waals surface area contributed by atoms with E-state index in [0.29, 0.717) is 16.7 Å². The molecule has 0 N–H and O–H groups in total. The molecule has 0 saturated carbocycles. The molecule has 4 rings (SSSR count). The van der Waals surface area contributed by atoms with Crippen molar-refractivity contribution in [2.24, 2.45) is 5.10 Å². The van der Waals surface area contributed by atoms with Gasteiger partial charge in [0.2, 0.25) is 0 Å². The maximum absolute atomic E-state index is 13.4. The molecule has 5 nitrogen and oxygen atoms in total. The van der Waals surface area contributed by atoms with Crippen LogP contribution in [0.25, 0.3) is 16.6 Å². The van der Waals surface area contributed by atoms with Gasteiger partial charge in [-0.15, -0.1) is 0 Å². The molecular formula is C27H29BrN4O. The predicted octanol–water partition coefficient (Wildman–Crippen LogP) is 6.36. The summed E-state index contributed by atoms with van der Waals surface area (Å²) >= 11 is 3.46. The van der Waals surface area contributed by atoms with E-state index >= 15 is 0 Å². The maximum atomic E-state index is 13.4. The molecule has 2 heterocycles. The molecule has 0 spiro atoms. The van der Waals surface area contributed by atoms with Crippen molar-refractivity contribution in [2.45, 2.75) is 53.9 Å². The van der Waals surface area contributed by atoms with E-state index in [2.05, 4.69) is 77.6 Å². The summed E-state index contributed by atoms with van der Waals surface area (Å²) in [7, 11) is 0. The van der Waals surface area contributed by atoms with Crippen LogP contribution in [0.2, 0.25) is 0 Å². The highest BCUT2D eigenvalue weighted by atomic mass is 79.9. The van der Waals surface area contributed by atoms with E-state index in [9.17, 15) is 4.79 Å². The van der Waals surface area contributed by atoms with Gasteiger partial charge in [-0.1, -0.05) is 42.8 Å². The number of benzene rings is 2. The molecule has 170 valence electrons. The van der Waals surface area contributed by atoms with Crippen molar-refractivity contribution in [3.05, 3.63) is 91.2 Å². The minimum Gasteiger partial charge on any atom is -0.318 e. The third-order valence-corrected chi connectivity index (χ3v) is 6.22. The SMILES string of the molecule is Cc1cc(C)cc(-n2c(C)cc(C=Nn3c(C(C)(C)C)nc4ccc(Br)cc4c3=O)c2C)c1. The van der Waals surface area contributed by atoms with Crippen LogP contribution in [-0.4, -0.2) is 20.4 Å². The summed E-state index contributed by atoms with van der Waals surface area (Å²) in [5.41, 5.74) is 6.88. The Morgan fingerprint density at radius 1 is 0.970 bits per heavy atom. The van der Waals surface area contributed by atoms with Crippen LogP contribution in [0.5, 0.6) is 0 Å². The molecule has 4 aromatic rings. The molecule has 0 atom stereocenters. The standard InChI is InChI=1S/C27H29BrN4O/c1-16-10-17(2)12-22(11-16)31-18(3)13-20(19(31)4)15-29-32-25(33)23-14-21(28)8-9-24(23)30-26(32)27(5,6)7/h8-15H,1-7H3. The zero-order valence-electron chi connectivity index (χ0n) is 20.2. The van der Waals surface area contributed by atoms with Crippen molar-refractivity contribution in [3.63, 3.8) is 0 Å². The Hall–Kier alpha value is -2.99. The molecule has 2 aromatic carbocycles. The maximum Gasteiger partial charge on any atom is 0.282 e. The van der Waals surface area contributed by atoms with Gasteiger partial charge in [0.1, 0.15) is 5.82 Å². The number of hydrogen-bond donors (Lipinski definition) is 0. The fraction of sp³-hybridized carbons (Fsp3) is 0.296. The van der Waals surface area contributed by atoms with E-state index in [1.807, 2.05) is 32.9 Å². The van der Waals surface area contributed by atoms with E-state index in [0.717, 1.165) is 27.1 Å². The molecule has 0 saturated heterocycles. The van der Waals surface area contributed by atoms with Crippen LogP contribution in [-0.2, 0) is 5.41 Å². The quantitative estimate of drug-likeness (QED) is 0.304. The van der Waals surface area contributed by atoms with Crippen LogP contribution in [0.3, 0.4) is 0 Å². The zero-order chi connectivity index (χ0) is 24.1. The van der Waals surface area contributed by atoms with Crippen LogP contribution in [0.15, 0.2) is 56.8 Å². The van der Waals surface area contributed by atoms with E-state index in [1.165, 1.54) is 15.8 Å². The number of rotatable bonds is 3. The Balaban J connectivity index is 1.87.